The van der Waals surface area contributed by atoms with Gasteiger partial charge in [-0.2, -0.15) is 5.10 Å². The van der Waals surface area contributed by atoms with Gasteiger partial charge >= 0.3 is 0 Å². The smallest absolute Gasteiger partial charge is 0.253 e. The number of hydrogen-bond acceptors (Lipinski definition) is 4. The lowest BCUT2D eigenvalue weighted by molar-refractivity contribution is -0.130. The van der Waals surface area contributed by atoms with Gasteiger partial charge in [0.05, 0.1) is 11.9 Å². The average Bonchev–Trinajstić information content (AvgIpc) is 3.38. The first-order chi connectivity index (χ1) is 13.6. The molecule has 7 heteroatoms. The number of ether oxygens (including phenoxy) is 1. The van der Waals surface area contributed by atoms with E-state index in [-0.39, 0.29) is 24.5 Å². The third-order valence-electron chi connectivity index (χ3n) is 4.90. The number of anilines is 1. The number of aromatic nitrogens is 2. The molecule has 0 radical (unpaired) electrons. The molecule has 150 valence electrons. The number of nitrogens with zero attached hydrogens (tertiary/aromatic N) is 3. The number of amides is 2. The lowest BCUT2D eigenvalue weighted by Gasteiger charge is -2.17. The number of unbranched alkanes of at least 4 members (excludes halogenated alkanes) is 1. The van der Waals surface area contributed by atoms with Crippen LogP contribution in [0.5, 0.6) is 0 Å². The molecule has 2 aromatic rings. The number of carbonyl (C=O) groups excluding carboxylic acids is 2. The molecule has 1 aromatic carbocycles. The van der Waals surface area contributed by atoms with Gasteiger partial charge in [-0.3, -0.25) is 14.3 Å². The molecule has 0 bridgehead atoms. The SMILES string of the molecule is CN(CCCCc1ccccc1)C(=O)Cn1cc(NC(=O)C2CCCO2)cn1. The summed E-state index contributed by atoms with van der Waals surface area (Å²) in [5.74, 6) is -0.154. The minimum atomic E-state index is -0.382. The second-order valence-corrected chi connectivity index (χ2v) is 7.18. The molecule has 1 N–H and O–H groups in total. The molecule has 3 rings (SSSR count). The molecule has 1 aliphatic heterocycles. The highest BCUT2D eigenvalue weighted by Gasteiger charge is 2.23. The fraction of sp³-hybridized carbons (Fsp3) is 0.476. The molecule has 1 unspecified atom stereocenters. The highest BCUT2D eigenvalue weighted by molar-refractivity contribution is 5.94. The van der Waals surface area contributed by atoms with Gasteiger partial charge in [0.1, 0.15) is 12.6 Å². The zero-order valence-corrected chi connectivity index (χ0v) is 16.3. The van der Waals surface area contributed by atoms with Crippen LogP contribution >= 0.6 is 0 Å². The van der Waals surface area contributed by atoms with E-state index in [2.05, 4.69) is 22.5 Å². The Bertz CT molecular complexity index is 769. The first-order valence-corrected chi connectivity index (χ1v) is 9.84. The molecule has 0 aliphatic carbocycles. The molecule has 0 saturated carbocycles. The molecule has 1 aromatic heterocycles. The first kappa shape index (κ1) is 20.1. The van der Waals surface area contributed by atoms with Crippen LogP contribution in [-0.2, 0) is 27.3 Å². The van der Waals surface area contributed by atoms with E-state index in [4.69, 9.17) is 4.74 Å². The van der Waals surface area contributed by atoms with E-state index in [0.29, 0.717) is 12.3 Å². The van der Waals surface area contributed by atoms with Gasteiger partial charge in [0.15, 0.2) is 0 Å². The monoisotopic (exact) mass is 384 g/mol. The number of nitrogens with one attached hydrogen (secondary N) is 1. The van der Waals surface area contributed by atoms with Crippen LogP contribution in [0.4, 0.5) is 5.69 Å². The van der Waals surface area contributed by atoms with Gasteiger partial charge in [-0.05, 0) is 37.7 Å². The molecule has 1 saturated heterocycles. The van der Waals surface area contributed by atoms with Gasteiger partial charge in [-0.1, -0.05) is 30.3 Å². The fourth-order valence-corrected chi connectivity index (χ4v) is 3.23. The maximum atomic E-state index is 12.4. The highest BCUT2D eigenvalue weighted by Crippen LogP contribution is 2.15. The Hall–Kier alpha value is -2.67. The molecule has 0 spiro atoms. The quantitative estimate of drug-likeness (QED) is 0.674. The van der Waals surface area contributed by atoms with E-state index in [1.165, 1.54) is 5.56 Å². The lowest BCUT2D eigenvalue weighted by atomic mass is 10.1. The molecule has 7 nitrogen and oxygen atoms in total. The number of rotatable bonds is 9. The van der Waals surface area contributed by atoms with Gasteiger partial charge in [-0.25, -0.2) is 0 Å². The molecule has 2 heterocycles. The summed E-state index contributed by atoms with van der Waals surface area (Å²) in [6.45, 7) is 1.50. The maximum Gasteiger partial charge on any atom is 0.253 e. The van der Waals surface area contributed by atoms with Crippen molar-refractivity contribution in [3.05, 3.63) is 48.3 Å². The summed E-state index contributed by atoms with van der Waals surface area (Å²) in [5, 5.41) is 6.96. The van der Waals surface area contributed by atoms with Crippen molar-refractivity contribution < 1.29 is 14.3 Å². The minimum absolute atomic E-state index is 0.000172. The Labute approximate surface area is 165 Å². The van der Waals surface area contributed by atoms with Crippen LogP contribution < -0.4 is 5.32 Å². The summed E-state index contributed by atoms with van der Waals surface area (Å²) in [7, 11) is 1.81. The van der Waals surface area contributed by atoms with Crippen molar-refractivity contribution in [3.63, 3.8) is 0 Å². The van der Waals surface area contributed by atoms with Crippen molar-refractivity contribution in [2.45, 2.75) is 44.8 Å². The van der Waals surface area contributed by atoms with E-state index in [9.17, 15) is 9.59 Å². The third-order valence-corrected chi connectivity index (χ3v) is 4.90. The molecule has 1 atom stereocenters. The number of carbonyl (C=O) groups is 2. The van der Waals surface area contributed by atoms with E-state index in [1.54, 1.807) is 22.0 Å². The van der Waals surface area contributed by atoms with E-state index in [0.717, 1.165) is 38.6 Å². The summed E-state index contributed by atoms with van der Waals surface area (Å²) in [6, 6.07) is 10.4. The molecule has 1 aliphatic rings. The fourth-order valence-electron chi connectivity index (χ4n) is 3.23. The molecule has 1 fully saturated rings. The maximum absolute atomic E-state index is 12.4. The minimum Gasteiger partial charge on any atom is -0.368 e. The molecule has 2 amide bonds. The Balaban J connectivity index is 1.37. The summed E-state index contributed by atoms with van der Waals surface area (Å²) in [6.07, 6.45) is 7.52. The Morgan fingerprint density at radius 2 is 2.11 bits per heavy atom. The number of aryl methyl sites for hydroxylation is 1. The summed E-state index contributed by atoms with van der Waals surface area (Å²) in [4.78, 5) is 26.2. The summed E-state index contributed by atoms with van der Waals surface area (Å²) < 4.78 is 6.91. The van der Waals surface area contributed by atoms with E-state index in [1.807, 2.05) is 25.2 Å². The van der Waals surface area contributed by atoms with E-state index < -0.39 is 0 Å². The van der Waals surface area contributed by atoms with Gasteiger partial charge in [0.25, 0.3) is 5.91 Å². The number of likely N-dealkylation sites (N-methyl/N-ethyl adjacent to an activating group) is 1. The van der Waals surface area contributed by atoms with Crippen LogP contribution in [0.15, 0.2) is 42.7 Å². The Morgan fingerprint density at radius 1 is 1.29 bits per heavy atom. The highest BCUT2D eigenvalue weighted by atomic mass is 16.5. The third kappa shape index (κ3) is 5.92. The van der Waals surface area contributed by atoms with Crippen LogP contribution in [0.25, 0.3) is 0 Å². The van der Waals surface area contributed by atoms with Crippen molar-refractivity contribution in [2.75, 3.05) is 25.5 Å². The normalized spacial score (nSPS) is 16.1. The largest absolute Gasteiger partial charge is 0.368 e. The molecule has 28 heavy (non-hydrogen) atoms. The molecular weight excluding hydrogens is 356 g/mol. The van der Waals surface area contributed by atoms with Crippen molar-refractivity contribution in [1.29, 1.82) is 0 Å². The predicted molar refractivity (Wildman–Crippen MR) is 107 cm³/mol. The van der Waals surface area contributed by atoms with Crippen LogP contribution in [0, 0.1) is 0 Å². The summed E-state index contributed by atoms with van der Waals surface area (Å²) >= 11 is 0. The first-order valence-electron chi connectivity index (χ1n) is 9.84. The van der Waals surface area contributed by atoms with Crippen LogP contribution in [0.1, 0.15) is 31.2 Å². The van der Waals surface area contributed by atoms with Crippen molar-refractivity contribution in [3.8, 4) is 0 Å². The topological polar surface area (TPSA) is 76.5 Å². The zero-order valence-electron chi connectivity index (χ0n) is 16.3. The standard InChI is InChI=1S/C21H28N4O3/c1-24(12-6-5-10-17-8-3-2-4-9-17)20(26)16-25-15-18(14-22-25)23-21(27)19-11-7-13-28-19/h2-4,8-9,14-15,19H,5-7,10-13,16H2,1H3,(H,23,27). The van der Waals surface area contributed by atoms with Crippen molar-refractivity contribution in [1.82, 2.24) is 14.7 Å². The van der Waals surface area contributed by atoms with Crippen LogP contribution in [-0.4, -0.2) is 52.8 Å². The number of hydrogen-bond donors (Lipinski definition) is 1. The van der Waals surface area contributed by atoms with Gasteiger partial charge < -0.3 is 15.0 Å². The number of benzene rings is 1. The second kappa shape index (κ2) is 10.0. The lowest BCUT2D eigenvalue weighted by Crippen LogP contribution is -2.31. The van der Waals surface area contributed by atoms with Gasteiger partial charge in [-0.15, -0.1) is 0 Å². The predicted octanol–water partition coefficient (Wildman–Crippen LogP) is 2.48. The van der Waals surface area contributed by atoms with Gasteiger partial charge in [0, 0.05) is 26.4 Å². The van der Waals surface area contributed by atoms with E-state index >= 15 is 0 Å². The van der Waals surface area contributed by atoms with Crippen molar-refractivity contribution in [2.24, 2.45) is 0 Å². The Morgan fingerprint density at radius 3 is 2.86 bits per heavy atom. The van der Waals surface area contributed by atoms with Crippen LogP contribution in [0.3, 0.4) is 0 Å². The Kier molecular flexibility index (Phi) is 7.19. The second-order valence-electron chi connectivity index (χ2n) is 7.18. The van der Waals surface area contributed by atoms with Crippen LogP contribution in [0.2, 0.25) is 0 Å². The molecular formula is C21H28N4O3. The zero-order chi connectivity index (χ0) is 19.8. The average molecular weight is 384 g/mol. The van der Waals surface area contributed by atoms with Crippen molar-refractivity contribution >= 4 is 17.5 Å². The van der Waals surface area contributed by atoms with Gasteiger partial charge in [0.2, 0.25) is 5.91 Å². The summed E-state index contributed by atoms with van der Waals surface area (Å²) in [5.41, 5.74) is 1.91.